The smallest absolute Gasteiger partial charge is 0.269 e. The number of hydrogen-bond acceptors (Lipinski definition) is 4. The number of aromatic nitrogens is 4. The second kappa shape index (κ2) is 11.3. The number of hydrogen-bond donors (Lipinski definition) is 1. The summed E-state index contributed by atoms with van der Waals surface area (Å²) in [4.78, 5) is 21.3. The number of benzene rings is 2. The van der Waals surface area contributed by atoms with Gasteiger partial charge < -0.3 is 5.32 Å². The van der Waals surface area contributed by atoms with Crippen LogP contribution in [0.1, 0.15) is 61.5 Å². The lowest BCUT2D eigenvalue weighted by molar-refractivity contribution is 0.0924. The normalized spacial score (nSPS) is 12.9. The Morgan fingerprint density at radius 2 is 1.53 bits per heavy atom. The Morgan fingerprint density at radius 1 is 0.833 bits per heavy atom. The molecule has 0 saturated heterocycles. The molecule has 0 radical (unpaired) electrons. The van der Waals surface area contributed by atoms with Crippen molar-refractivity contribution in [2.45, 2.75) is 58.4 Å². The van der Waals surface area contributed by atoms with E-state index in [9.17, 15) is 4.79 Å². The molecule has 0 bridgehead atoms. The Balaban J connectivity index is 1.24. The monoisotopic (exact) mass is 479 g/mol. The van der Waals surface area contributed by atoms with E-state index in [2.05, 4.69) is 70.9 Å². The number of nitrogens with one attached hydrogen (secondary N) is 1. The minimum atomic E-state index is -0.0969. The molecule has 1 aliphatic heterocycles. The van der Waals surface area contributed by atoms with Gasteiger partial charge in [0.1, 0.15) is 11.4 Å². The molecule has 4 aromatic rings. The Hall–Kier alpha value is -3.80. The molecule has 36 heavy (non-hydrogen) atoms. The topological polar surface area (TPSA) is 72.7 Å². The summed E-state index contributed by atoms with van der Waals surface area (Å²) in [5.41, 5.74) is 6.71. The van der Waals surface area contributed by atoms with Crippen molar-refractivity contribution in [1.29, 1.82) is 0 Å². The molecule has 6 nitrogen and oxygen atoms in total. The highest BCUT2D eigenvalue weighted by Crippen LogP contribution is 2.26. The van der Waals surface area contributed by atoms with E-state index in [4.69, 9.17) is 4.98 Å². The SMILES string of the molecule is CCCCCCCCc1ccc(-c2ccc(-c3nccc(-c4cc5n(n4)CCNC5=O)n3)cc2)cc1. The highest BCUT2D eigenvalue weighted by molar-refractivity contribution is 5.94. The number of carbonyl (C=O) groups is 1. The zero-order chi connectivity index (χ0) is 24.7. The maximum absolute atomic E-state index is 12.1. The fraction of sp³-hybridized carbons (Fsp3) is 0.333. The zero-order valence-corrected chi connectivity index (χ0v) is 20.9. The summed E-state index contributed by atoms with van der Waals surface area (Å²) in [7, 11) is 0. The van der Waals surface area contributed by atoms with Gasteiger partial charge in [0.15, 0.2) is 5.82 Å². The van der Waals surface area contributed by atoms with Crippen molar-refractivity contribution in [3.05, 3.63) is 78.1 Å². The van der Waals surface area contributed by atoms with Gasteiger partial charge in [-0.15, -0.1) is 0 Å². The highest BCUT2D eigenvalue weighted by atomic mass is 16.2. The number of nitrogens with zero attached hydrogens (tertiary/aromatic N) is 4. The van der Waals surface area contributed by atoms with Gasteiger partial charge in [0.25, 0.3) is 5.91 Å². The van der Waals surface area contributed by atoms with E-state index in [0.29, 0.717) is 36.0 Å². The van der Waals surface area contributed by atoms with E-state index in [0.717, 1.165) is 12.0 Å². The molecular formula is C30H33N5O. The third-order valence-electron chi connectivity index (χ3n) is 6.79. The van der Waals surface area contributed by atoms with Crippen LogP contribution < -0.4 is 5.32 Å². The molecule has 0 atom stereocenters. The largest absolute Gasteiger partial charge is 0.349 e. The van der Waals surface area contributed by atoms with Crippen molar-refractivity contribution in [3.63, 3.8) is 0 Å². The van der Waals surface area contributed by atoms with Crippen molar-refractivity contribution < 1.29 is 4.79 Å². The summed E-state index contributed by atoms with van der Waals surface area (Å²) in [6.45, 7) is 3.52. The second-order valence-electron chi connectivity index (χ2n) is 9.45. The van der Waals surface area contributed by atoms with Crippen molar-refractivity contribution in [2.75, 3.05) is 6.54 Å². The van der Waals surface area contributed by atoms with Gasteiger partial charge in [-0.05, 0) is 41.7 Å². The minimum absolute atomic E-state index is 0.0969. The number of amides is 1. The lowest BCUT2D eigenvalue weighted by Gasteiger charge is -2.13. The van der Waals surface area contributed by atoms with Gasteiger partial charge in [0.2, 0.25) is 0 Å². The maximum atomic E-state index is 12.1. The number of carbonyl (C=O) groups excluding carboxylic acids is 1. The van der Waals surface area contributed by atoms with Crippen LogP contribution in [0.3, 0.4) is 0 Å². The molecule has 0 saturated carbocycles. The van der Waals surface area contributed by atoms with Crippen LogP contribution in [0, 0.1) is 0 Å². The number of rotatable bonds is 10. The summed E-state index contributed by atoms with van der Waals surface area (Å²) in [5, 5.41) is 7.41. The molecule has 3 heterocycles. The van der Waals surface area contributed by atoms with E-state index in [1.807, 2.05) is 6.07 Å². The quantitative estimate of drug-likeness (QED) is 0.270. The predicted octanol–water partition coefficient (Wildman–Crippen LogP) is 6.32. The van der Waals surface area contributed by atoms with Gasteiger partial charge in [-0.2, -0.15) is 5.10 Å². The van der Waals surface area contributed by atoms with Gasteiger partial charge in [-0.3, -0.25) is 9.48 Å². The summed E-state index contributed by atoms with van der Waals surface area (Å²) in [5.74, 6) is 0.545. The van der Waals surface area contributed by atoms with E-state index < -0.39 is 0 Å². The fourth-order valence-corrected chi connectivity index (χ4v) is 4.69. The zero-order valence-electron chi connectivity index (χ0n) is 20.9. The van der Waals surface area contributed by atoms with Gasteiger partial charge >= 0.3 is 0 Å². The molecule has 0 aliphatic carbocycles. The lowest BCUT2D eigenvalue weighted by atomic mass is 10.00. The number of fused-ring (bicyclic) bond motifs is 1. The molecule has 1 amide bonds. The van der Waals surface area contributed by atoms with Crippen LogP contribution >= 0.6 is 0 Å². The fourth-order valence-electron chi connectivity index (χ4n) is 4.69. The van der Waals surface area contributed by atoms with Crippen molar-refractivity contribution in [1.82, 2.24) is 25.1 Å². The van der Waals surface area contributed by atoms with Crippen LogP contribution in [0.2, 0.25) is 0 Å². The molecular weight excluding hydrogens is 446 g/mol. The van der Waals surface area contributed by atoms with Gasteiger partial charge in [0, 0.05) is 18.3 Å². The van der Waals surface area contributed by atoms with Crippen molar-refractivity contribution >= 4 is 5.91 Å². The maximum Gasteiger partial charge on any atom is 0.269 e. The molecule has 1 aliphatic rings. The molecule has 0 fully saturated rings. The van der Waals surface area contributed by atoms with Crippen molar-refractivity contribution in [2.24, 2.45) is 0 Å². The molecule has 2 aromatic carbocycles. The van der Waals surface area contributed by atoms with E-state index in [-0.39, 0.29) is 5.91 Å². The first-order valence-corrected chi connectivity index (χ1v) is 13.1. The van der Waals surface area contributed by atoms with Crippen LogP contribution in [0.15, 0.2) is 66.9 Å². The van der Waals surface area contributed by atoms with Gasteiger partial charge in [0.05, 0.1) is 12.2 Å². The van der Waals surface area contributed by atoms with E-state index >= 15 is 0 Å². The molecule has 0 unspecified atom stereocenters. The average Bonchev–Trinajstić information content (AvgIpc) is 3.37. The van der Waals surface area contributed by atoms with Gasteiger partial charge in [-0.25, -0.2) is 9.97 Å². The minimum Gasteiger partial charge on any atom is -0.349 e. The Kier molecular flexibility index (Phi) is 7.50. The van der Waals surface area contributed by atoms with Crippen LogP contribution in [-0.2, 0) is 13.0 Å². The Labute approximate surface area is 212 Å². The first-order valence-electron chi connectivity index (χ1n) is 13.1. The molecule has 184 valence electrons. The lowest BCUT2D eigenvalue weighted by Crippen LogP contribution is -2.35. The molecule has 0 spiro atoms. The third kappa shape index (κ3) is 5.54. The summed E-state index contributed by atoms with van der Waals surface area (Å²) < 4.78 is 1.74. The predicted molar refractivity (Wildman–Crippen MR) is 144 cm³/mol. The standard InChI is InChI=1S/C30H33N5O/c1-2-3-4-5-6-7-8-22-9-11-23(12-10-22)24-13-15-25(16-14-24)29-31-18-17-26(33-29)27-21-28-30(36)32-19-20-35(28)34-27/h9-18,21H,2-8,19-20H2,1H3,(H,32,36). The third-order valence-corrected chi connectivity index (χ3v) is 6.79. The summed E-state index contributed by atoms with van der Waals surface area (Å²) >= 11 is 0. The number of unbranched alkanes of at least 4 members (excludes halogenated alkanes) is 5. The molecule has 1 N–H and O–H groups in total. The first kappa shape index (κ1) is 23.9. The van der Waals surface area contributed by atoms with Gasteiger partial charge in [-0.1, -0.05) is 87.6 Å². The highest BCUT2D eigenvalue weighted by Gasteiger charge is 2.20. The van der Waals surface area contributed by atoms with E-state index in [1.54, 1.807) is 16.9 Å². The van der Waals surface area contributed by atoms with Crippen LogP contribution in [0.25, 0.3) is 33.9 Å². The van der Waals surface area contributed by atoms with Crippen LogP contribution in [0.5, 0.6) is 0 Å². The molecule has 6 heteroatoms. The average molecular weight is 480 g/mol. The van der Waals surface area contributed by atoms with Crippen molar-refractivity contribution in [3.8, 4) is 33.9 Å². The summed E-state index contributed by atoms with van der Waals surface area (Å²) in [6, 6.07) is 20.9. The number of aryl methyl sites for hydroxylation is 1. The summed E-state index contributed by atoms with van der Waals surface area (Å²) in [6.07, 6.45) is 10.9. The Bertz CT molecular complexity index is 1310. The Morgan fingerprint density at radius 3 is 2.28 bits per heavy atom. The van der Waals surface area contributed by atoms with Crippen LogP contribution in [-0.4, -0.2) is 32.2 Å². The first-order chi connectivity index (χ1) is 17.7. The van der Waals surface area contributed by atoms with Crippen LogP contribution in [0.4, 0.5) is 0 Å². The molecule has 2 aromatic heterocycles. The van der Waals surface area contributed by atoms with E-state index in [1.165, 1.54) is 55.2 Å². The second-order valence-corrected chi connectivity index (χ2v) is 9.45. The molecule has 5 rings (SSSR count).